The summed E-state index contributed by atoms with van der Waals surface area (Å²) in [7, 11) is 0. The first-order valence-electron chi connectivity index (χ1n) is 4.77. The molecule has 0 spiro atoms. The molecule has 0 radical (unpaired) electrons. The Kier molecular flexibility index (Phi) is 2.86. The second-order valence-electron chi connectivity index (χ2n) is 3.24. The average molecular weight is 198 g/mol. The molecule has 0 N–H and O–H groups in total. The van der Waals surface area contributed by atoms with Crippen LogP contribution in [0.25, 0.3) is 10.8 Å². The van der Waals surface area contributed by atoms with Gasteiger partial charge in [-0.15, -0.1) is 0 Å². The second-order valence-corrected chi connectivity index (χ2v) is 3.24. The lowest BCUT2D eigenvalue weighted by Gasteiger charge is -2.03. The lowest BCUT2D eigenvalue weighted by Crippen LogP contribution is -1.91. The van der Waals surface area contributed by atoms with Gasteiger partial charge in [0.2, 0.25) is 6.08 Å². The zero-order valence-corrected chi connectivity index (χ0v) is 8.18. The summed E-state index contributed by atoms with van der Waals surface area (Å²) in [4.78, 5) is 17.6. The molecule has 15 heavy (non-hydrogen) atoms. The third-order valence-corrected chi connectivity index (χ3v) is 2.33. The fraction of sp³-hybridized carbons (Fsp3) is 0.167. The van der Waals surface area contributed by atoms with E-state index in [1.807, 2.05) is 30.5 Å². The van der Waals surface area contributed by atoms with Crippen molar-refractivity contribution in [1.82, 2.24) is 4.98 Å². The monoisotopic (exact) mass is 198 g/mol. The van der Waals surface area contributed by atoms with Gasteiger partial charge in [0, 0.05) is 17.8 Å². The van der Waals surface area contributed by atoms with Crippen LogP contribution in [0.15, 0.2) is 41.7 Å². The number of carbonyl (C=O) groups excluding carboxylic acids is 1. The van der Waals surface area contributed by atoms with Crippen molar-refractivity contribution in [3.05, 3.63) is 42.2 Å². The maximum Gasteiger partial charge on any atom is 0.234 e. The van der Waals surface area contributed by atoms with Gasteiger partial charge >= 0.3 is 0 Å². The van der Waals surface area contributed by atoms with Crippen molar-refractivity contribution in [2.24, 2.45) is 4.99 Å². The smallest absolute Gasteiger partial charge is 0.234 e. The van der Waals surface area contributed by atoms with E-state index in [4.69, 9.17) is 0 Å². The fourth-order valence-corrected chi connectivity index (χ4v) is 1.63. The summed E-state index contributed by atoms with van der Waals surface area (Å²) in [5.41, 5.74) is 1.19. The summed E-state index contributed by atoms with van der Waals surface area (Å²) in [5.74, 6) is 0. The highest BCUT2D eigenvalue weighted by molar-refractivity contribution is 5.84. The number of hydrogen-bond donors (Lipinski definition) is 0. The molecule has 0 amide bonds. The van der Waals surface area contributed by atoms with E-state index in [1.54, 1.807) is 12.3 Å². The average Bonchev–Trinajstić information content (AvgIpc) is 2.30. The first kappa shape index (κ1) is 9.56. The van der Waals surface area contributed by atoms with Crippen molar-refractivity contribution in [1.29, 1.82) is 0 Å². The standard InChI is InChI=1S/C12H10N2O/c15-9-14-6-4-10-2-1-3-11-8-13-7-5-12(10)11/h1-3,5,7-8H,4,6H2. The van der Waals surface area contributed by atoms with Crippen molar-refractivity contribution >= 4 is 16.9 Å². The molecule has 3 heteroatoms. The number of isocyanates is 1. The molecule has 1 heterocycles. The lowest BCUT2D eigenvalue weighted by molar-refractivity contribution is 0.563. The minimum atomic E-state index is 0.491. The molecule has 0 atom stereocenters. The number of aromatic nitrogens is 1. The lowest BCUT2D eigenvalue weighted by atomic mass is 10.0. The van der Waals surface area contributed by atoms with Crippen LogP contribution in [0.1, 0.15) is 5.56 Å². The summed E-state index contributed by atoms with van der Waals surface area (Å²) < 4.78 is 0. The van der Waals surface area contributed by atoms with Crippen molar-refractivity contribution in [2.75, 3.05) is 6.54 Å². The predicted molar refractivity (Wildman–Crippen MR) is 58.4 cm³/mol. The van der Waals surface area contributed by atoms with Gasteiger partial charge in [0.1, 0.15) is 0 Å². The van der Waals surface area contributed by atoms with Crippen molar-refractivity contribution in [3.63, 3.8) is 0 Å². The van der Waals surface area contributed by atoms with E-state index in [1.165, 1.54) is 10.9 Å². The molecule has 0 fully saturated rings. The zero-order valence-electron chi connectivity index (χ0n) is 8.18. The summed E-state index contributed by atoms with van der Waals surface area (Å²) in [5, 5.41) is 2.29. The molecule has 2 rings (SSSR count). The highest BCUT2D eigenvalue weighted by Gasteiger charge is 1.99. The number of aliphatic imine (C=N–C) groups is 1. The molecule has 0 bridgehead atoms. The predicted octanol–water partition coefficient (Wildman–Crippen LogP) is 2.11. The summed E-state index contributed by atoms with van der Waals surface area (Å²) in [6.07, 6.45) is 5.92. The summed E-state index contributed by atoms with van der Waals surface area (Å²) in [6.45, 7) is 0.491. The molecule has 0 unspecified atom stereocenters. The highest BCUT2D eigenvalue weighted by Crippen LogP contribution is 2.17. The molecule has 0 aliphatic heterocycles. The maximum absolute atomic E-state index is 9.96. The Morgan fingerprint density at radius 3 is 3.13 bits per heavy atom. The van der Waals surface area contributed by atoms with Crippen molar-refractivity contribution in [2.45, 2.75) is 6.42 Å². The van der Waals surface area contributed by atoms with Gasteiger partial charge in [-0.1, -0.05) is 18.2 Å². The number of rotatable bonds is 3. The van der Waals surface area contributed by atoms with Crippen LogP contribution >= 0.6 is 0 Å². The van der Waals surface area contributed by atoms with E-state index < -0.39 is 0 Å². The van der Waals surface area contributed by atoms with Crippen LogP contribution in [0.5, 0.6) is 0 Å². The second kappa shape index (κ2) is 4.49. The Morgan fingerprint density at radius 2 is 2.27 bits per heavy atom. The quantitative estimate of drug-likeness (QED) is 0.560. The maximum atomic E-state index is 9.96. The van der Waals surface area contributed by atoms with Crippen molar-refractivity contribution < 1.29 is 4.79 Å². The van der Waals surface area contributed by atoms with Crippen molar-refractivity contribution in [3.8, 4) is 0 Å². The first-order chi connectivity index (χ1) is 7.42. The third-order valence-electron chi connectivity index (χ3n) is 2.33. The molecule has 0 aliphatic rings. The molecule has 0 saturated heterocycles. The van der Waals surface area contributed by atoms with Crippen LogP contribution in [-0.4, -0.2) is 17.6 Å². The molecule has 2 aromatic rings. The molecule has 0 aliphatic carbocycles. The minimum absolute atomic E-state index is 0.491. The van der Waals surface area contributed by atoms with Crippen LogP contribution < -0.4 is 0 Å². The van der Waals surface area contributed by atoms with E-state index in [0.717, 1.165) is 11.8 Å². The zero-order chi connectivity index (χ0) is 10.5. The molecule has 1 aromatic carbocycles. The summed E-state index contributed by atoms with van der Waals surface area (Å²) in [6, 6.07) is 8.04. The van der Waals surface area contributed by atoms with Gasteiger partial charge in [-0.05, 0) is 23.4 Å². The molecule has 3 nitrogen and oxygen atoms in total. The summed E-state index contributed by atoms with van der Waals surface area (Å²) >= 11 is 0. The molecule has 74 valence electrons. The van der Waals surface area contributed by atoms with Gasteiger partial charge in [-0.25, -0.2) is 9.79 Å². The Hall–Kier alpha value is -1.99. The number of benzene rings is 1. The van der Waals surface area contributed by atoms with Crippen LogP contribution in [0.2, 0.25) is 0 Å². The van der Waals surface area contributed by atoms with E-state index in [9.17, 15) is 4.79 Å². The van der Waals surface area contributed by atoms with Crippen LogP contribution in [0.3, 0.4) is 0 Å². The van der Waals surface area contributed by atoms with Gasteiger partial charge < -0.3 is 0 Å². The van der Waals surface area contributed by atoms with E-state index in [-0.39, 0.29) is 0 Å². The van der Waals surface area contributed by atoms with E-state index in [2.05, 4.69) is 9.98 Å². The Balaban J connectivity index is 2.37. The number of pyridine rings is 1. The van der Waals surface area contributed by atoms with E-state index >= 15 is 0 Å². The topological polar surface area (TPSA) is 42.3 Å². The Bertz CT molecular complexity index is 511. The van der Waals surface area contributed by atoms with Crippen LogP contribution in [0, 0.1) is 0 Å². The minimum Gasteiger partial charge on any atom is -0.264 e. The SMILES string of the molecule is O=C=NCCc1cccc2cnccc12. The molecular formula is C12H10N2O. The molecule has 1 aromatic heterocycles. The van der Waals surface area contributed by atoms with E-state index in [0.29, 0.717) is 6.54 Å². The van der Waals surface area contributed by atoms with Crippen LogP contribution in [0.4, 0.5) is 0 Å². The molecular weight excluding hydrogens is 188 g/mol. The number of nitrogens with zero attached hydrogens (tertiary/aromatic N) is 2. The van der Waals surface area contributed by atoms with Gasteiger partial charge in [0.25, 0.3) is 0 Å². The number of fused-ring (bicyclic) bond motifs is 1. The Labute approximate surface area is 87.5 Å². The number of hydrogen-bond acceptors (Lipinski definition) is 3. The van der Waals surface area contributed by atoms with Gasteiger partial charge in [0.05, 0.1) is 6.54 Å². The highest BCUT2D eigenvalue weighted by atomic mass is 16.1. The van der Waals surface area contributed by atoms with Crippen LogP contribution in [-0.2, 0) is 11.2 Å². The Morgan fingerprint density at radius 1 is 1.33 bits per heavy atom. The normalized spacial score (nSPS) is 9.87. The largest absolute Gasteiger partial charge is 0.264 e. The molecule has 0 saturated carbocycles. The third kappa shape index (κ3) is 2.09. The first-order valence-corrected chi connectivity index (χ1v) is 4.77. The fourth-order valence-electron chi connectivity index (χ4n) is 1.63. The van der Waals surface area contributed by atoms with Gasteiger partial charge in [-0.3, -0.25) is 4.98 Å². The van der Waals surface area contributed by atoms with Gasteiger partial charge in [0.15, 0.2) is 0 Å². The van der Waals surface area contributed by atoms with Gasteiger partial charge in [-0.2, -0.15) is 0 Å².